The van der Waals surface area contributed by atoms with Gasteiger partial charge < -0.3 is 19.9 Å². The summed E-state index contributed by atoms with van der Waals surface area (Å²) >= 11 is 0. The molecular weight excluding hydrogens is 518 g/mol. The topological polar surface area (TPSA) is 102 Å². The van der Waals surface area contributed by atoms with Crippen LogP contribution in [0.4, 0.5) is 0 Å². The lowest BCUT2D eigenvalue weighted by Crippen LogP contribution is -2.42. The fourth-order valence-electron chi connectivity index (χ4n) is 4.24. The number of amides is 1. The number of carbonyl (C=O) groups is 3. The Morgan fingerprint density at radius 2 is 1.24 bits per heavy atom. The number of ether oxygens (including phenoxy) is 2. The number of esters is 1. The van der Waals surface area contributed by atoms with Gasteiger partial charge in [0.15, 0.2) is 0 Å². The molecule has 0 aliphatic carbocycles. The molecule has 0 spiro atoms. The molecule has 0 fully saturated rings. The molecule has 7 heteroatoms. The van der Waals surface area contributed by atoms with Gasteiger partial charge >= 0.3 is 11.9 Å². The summed E-state index contributed by atoms with van der Waals surface area (Å²) < 4.78 is 10.7. The van der Waals surface area contributed by atoms with E-state index < -0.39 is 23.9 Å². The number of rotatable bonds is 9. The molecule has 1 unspecified atom stereocenters. The maximum absolute atomic E-state index is 12.7. The molecule has 4 aromatic carbocycles. The zero-order chi connectivity index (χ0) is 29.6. The first-order valence-corrected chi connectivity index (χ1v) is 13.2. The smallest absolute Gasteiger partial charge is 0.343 e. The number of nitrogens with one attached hydrogen (secondary N) is 1. The van der Waals surface area contributed by atoms with E-state index in [2.05, 4.69) is 26.1 Å². The number of hydrogen-bond acceptors (Lipinski definition) is 5. The Kier molecular flexibility index (Phi) is 8.87. The fraction of sp³-hybridized carbons (Fsp3) is 0.206. The minimum Gasteiger partial charge on any atom is -0.497 e. The molecular formula is C34H33NO6. The molecule has 4 rings (SSSR count). The van der Waals surface area contributed by atoms with Crippen LogP contribution < -0.4 is 14.8 Å². The van der Waals surface area contributed by atoms with Gasteiger partial charge in [-0.2, -0.15) is 0 Å². The van der Waals surface area contributed by atoms with Crippen molar-refractivity contribution in [3.63, 3.8) is 0 Å². The van der Waals surface area contributed by atoms with Crippen molar-refractivity contribution < 1.29 is 29.0 Å². The van der Waals surface area contributed by atoms with E-state index in [1.54, 1.807) is 55.6 Å². The van der Waals surface area contributed by atoms with Crippen LogP contribution in [0.3, 0.4) is 0 Å². The quantitative estimate of drug-likeness (QED) is 0.187. The van der Waals surface area contributed by atoms with Gasteiger partial charge in [0.1, 0.15) is 17.5 Å². The SMILES string of the molecule is COc1ccc(-c2ccc(C(=O)Oc3ccc(CC(NC(=O)c4ccc(C(C)(C)C)cc4)C(=O)O)cc3)cc2)cc1. The Morgan fingerprint density at radius 1 is 0.732 bits per heavy atom. The van der Waals surface area contributed by atoms with E-state index >= 15 is 0 Å². The highest BCUT2D eigenvalue weighted by Gasteiger charge is 2.22. The van der Waals surface area contributed by atoms with Crippen LogP contribution in [-0.4, -0.2) is 36.1 Å². The Labute approximate surface area is 239 Å². The van der Waals surface area contributed by atoms with Crippen LogP contribution in [-0.2, 0) is 16.6 Å². The van der Waals surface area contributed by atoms with E-state index in [1.807, 2.05) is 48.5 Å². The van der Waals surface area contributed by atoms with Gasteiger partial charge in [-0.25, -0.2) is 9.59 Å². The molecule has 1 amide bonds. The third-order valence-electron chi connectivity index (χ3n) is 6.73. The molecule has 41 heavy (non-hydrogen) atoms. The van der Waals surface area contributed by atoms with Crippen LogP contribution in [0.1, 0.15) is 52.6 Å². The molecule has 0 aliphatic rings. The summed E-state index contributed by atoms with van der Waals surface area (Å²) in [5.41, 5.74) is 4.44. The van der Waals surface area contributed by atoms with Crippen LogP contribution in [0.15, 0.2) is 97.1 Å². The van der Waals surface area contributed by atoms with Gasteiger partial charge in [0.2, 0.25) is 0 Å². The summed E-state index contributed by atoms with van der Waals surface area (Å²) in [5.74, 6) is -1.01. The van der Waals surface area contributed by atoms with Gasteiger partial charge in [-0.1, -0.05) is 69.3 Å². The van der Waals surface area contributed by atoms with E-state index in [1.165, 1.54) is 0 Å². The molecule has 0 radical (unpaired) electrons. The average molecular weight is 552 g/mol. The molecule has 0 bridgehead atoms. The fourth-order valence-corrected chi connectivity index (χ4v) is 4.24. The van der Waals surface area contributed by atoms with Crippen LogP contribution >= 0.6 is 0 Å². The van der Waals surface area contributed by atoms with Gasteiger partial charge in [0, 0.05) is 12.0 Å². The van der Waals surface area contributed by atoms with E-state index in [0.29, 0.717) is 22.4 Å². The lowest BCUT2D eigenvalue weighted by Gasteiger charge is -2.19. The van der Waals surface area contributed by atoms with Gasteiger partial charge in [-0.3, -0.25) is 4.79 Å². The highest BCUT2D eigenvalue weighted by molar-refractivity contribution is 5.96. The first kappa shape index (κ1) is 29.1. The molecule has 0 aromatic heterocycles. The van der Waals surface area contributed by atoms with Gasteiger partial charge in [0.25, 0.3) is 5.91 Å². The second-order valence-electron chi connectivity index (χ2n) is 10.7. The molecule has 7 nitrogen and oxygen atoms in total. The highest BCUT2D eigenvalue weighted by atomic mass is 16.5. The molecule has 1 atom stereocenters. The summed E-state index contributed by atoms with van der Waals surface area (Å²) in [7, 11) is 1.62. The minimum atomic E-state index is -1.14. The Morgan fingerprint density at radius 3 is 1.76 bits per heavy atom. The van der Waals surface area contributed by atoms with Crippen LogP contribution in [0.5, 0.6) is 11.5 Å². The van der Waals surface area contributed by atoms with E-state index in [-0.39, 0.29) is 11.8 Å². The predicted octanol–water partition coefficient (Wildman–Crippen LogP) is 6.30. The highest BCUT2D eigenvalue weighted by Crippen LogP contribution is 2.24. The van der Waals surface area contributed by atoms with E-state index in [0.717, 1.165) is 22.4 Å². The number of benzene rings is 4. The third-order valence-corrected chi connectivity index (χ3v) is 6.73. The van der Waals surface area contributed by atoms with Crippen LogP contribution in [0.25, 0.3) is 11.1 Å². The second-order valence-corrected chi connectivity index (χ2v) is 10.7. The monoisotopic (exact) mass is 551 g/mol. The first-order chi connectivity index (χ1) is 19.5. The van der Waals surface area contributed by atoms with Gasteiger partial charge in [-0.05, 0) is 76.2 Å². The molecule has 0 heterocycles. The molecule has 0 aliphatic heterocycles. The number of methoxy groups -OCH3 is 1. The van der Waals surface area contributed by atoms with Crippen LogP contribution in [0.2, 0.25) is 0 Å². The summed E-state index contributed by atoms with van der Waals surface area (Å²) in [6, 6.07) is 27.3. The van der Waals surface area contributed by atoms with Crippen molar-refractivity contribution in [3.05, 3.63) is 119 Å². The number of carboxylic acids is 1. The van der Waals surface area contributed by atoms with Gasteiger partial charge in [0.05, 0.1) is 12.7 Å². The van der Waals surface area contributed by atoms with Crippen molar-refractivity contribution in [2.45, 2.75) is 38.6 Å². The number of carbonyl (C=O) groups excluding carboxylic acids is 2. The van der Waals surface area contributed by atoms with Crippen molar-refractivity contribution >= 4 is 17.8 Å². The molecule has 2 N–H and O–H groups in total. The number of hydrogen-bond donors (Lipinski definition) is 2. The lowest BCUT2D eigenvalue weighted by molar-refractivity contribution is -0.139. The maximum atomic E-state index is 12.7. The van der Waals surface area contributed by atoms with Crippen molar-refractivity contribution in [1.82, 2.24) is 5.32 Å². The van der Waals surface area contributed by atoms with E-state index in [9.17, 15) is 19.5 Å². The minimum absolute atomic E-state index is 0.0540. The van der Waals surface area contributed by atoms with Crippen molar-refractivity contribution in [1.29, 1.82) is 0 Å². The molecule has 0 saturated heterocycles. The zero-order valence-electron chi connectivity index (χ0n) is 23.5. The standard InChI is InChI=1S/C34H33NO6/c1-34(2,3)27-15-11-25(12-16-27)31(36)35-30(32(37)38)21-22-5-17-29(18-6-22)41-33(39)26-9-7-23(8-10-26)24-13-19-28(40-4)20-14-24/h5-20,30H,21H2,1-4H3,(H,35,36)(H,37,38). The second kappa shape index (κ2) is 12.5. The normalized spacial score (nSPS) is 11.8. The largest absolute Gasteiger partial charge is 0.497 e. The lowest BCUT2D eigenvalue weighted by atomic mass is 9.86. The molecule has 4 aromatic rings. The Bertz CT molecular complexity index is 1500. The van der Waals surface area contributed by atoms with Crippen molar-refractivity contribution in [2.24, 2.45) is 0 Å². The summed E-state index contributed by atoms with van der Waals surface area (Å²) in [6.07, 6.45) is 0.0716. The number of carboxylic acid groups (broad SMARTS) is 1. The maximum Gasteiger partial charge on any atom is 0.343 e. The van der Waals surface area contributed by atoms with Gasteiger partial charge in [-0.15, -0.1) is 0 Å². The zero-order valence-corrected chi connectivity index (χ0v) is 23.5. The first-order valence-electron chi connectivity index (χ1n) is 13.2. The Balaban J connectivity index is 1.35. The predicted molar refractivity (Wildman–Crippen MR) is 158 cm³/mol. The number of aliphatic carboxylic acids is 1. The third kappa shape index (κ3) is 7.60. The summed E-state index contributed by atoms with van der Waals surface area (Å²) in [5, 5.41) is 12.3. The molecule has 0 saturated carbocycles. The molecule has 210 valence electrons. The van der Waals surface area contributed by atoms with E-state index in [4.69, 9.17) is 9.47 Å². The van der Waals surface area contributed by atoms with Crippen molar-refractivity contribution in [3.8, 4) is 22.6 Å². The van der Waals surface area contributed by atoms with Crippen molar-refractivity contribution in [2.75, 3.05) is 7.11 Å². The summed E-state index contributed by atoms with van der Waals surface area (Å²) in [4.78, 5) is 37.3. The summed E-state index contributed by atoms with van der Waals surface area (Å²) in [6.45, 7) is 6.24. The average Bonchev–Trinajstić information content (AvgIpc) is 2.97. The Hall–Kier alpha value is -4.91. The van der Waals surface area contributed by atoms with Crippen LogP contribution in [0, 0.1) is 0 Å².